The van der Waals surface area contributed by atoms with Gasteiger partial charge in [0.15, 0.2) is 5.57 Å². The first-order valence-electron chi connectivity index (χ1n) is 7.51. The second kappa shape index (κ2) is 7.07. The van der Waals surface area contributed by atoms with Crippen molar-refractivity contribution in [3.63, 3.8) is 0 Å². The number of ether oxygens (including phenoxy) is 2. The molecule has 1 aromatic rings. The maximum atomic E-state index is 12.0. The lowest BCUT2D eigenvalue weighted by Gasteiger charge is -2.30. The number of carbonyl (C=O) groups is 2. The van der Waals surface area contributed by atoms with Gasteiger partial charge in [0.1, 0.15) is 5.03 Å². The van der Waals surface area contributed by atoms with Gasteiger partial charge in [0.05, 0.1) is 11.1 Å². The van der Waals surface area contributed by atoms with E-state index in [9.17, 15) is 19.7 Å². The summed E-state index contributed by atoms with van der Waals surface area (Å²) in [6.45, 7) is 2.90. The van der Waals surface area contributed by atoms with Crippen molar-refractivity contribution in [3.05, 3.63) is 50.5 Å². The third-order valence-electron chi connectivity index (χ3n) is 3.22. The number of esters is 2. The van der Waals surface area contributed by atoms with Gasteiger partial charge in [0, 0.05) is 31.5 Å². The van der Waals surface area contributed by atoms with E-state index in [0.29, 0.717) is 5.56 Å². The van der Waals surface area contributed by atoms with Gasteiger partial charge >= 0.3 is 11.9 Å². The molecule has 0 amide bonds. The Balaban J connectivity index is 1.65. The number of cyclic esters (lactones) is 2. The van der Waals surface area contributed by atoms with E-state index in [0.717, 1.165) is 11.8 Å². The molecule has 140 valence electrons. The van der Waals surface area contributed by atoms with Crippen LogP contribution >= 0.6 is 11.8 Å². The molecule has 0 atom stereocenters. The van der Waals surface area contributed by atoms with Crippen molar-refractivity contribution in [2.75, 3.05) is 0 Å². The Labute approximate surface area is 156 Å². The van der Waals surface area contributed by atoms with Crippen LogP contribution in [0.5, 0.6) is 0 Å². The van der Waals surface area contributed by atoms with E-state index in [1.165, 1.54) is 38.3 Å². The summed E-state index contributed by atoms with van der Waals surface area (Å²) in [5.74, 6) is -2.96. The van der Waals surface area contributed by atoms with Gasteiger partial charge < -0.3 is 9.47 Å². The summed E-state index contributed by atoms with van der Waals surface area (Å²) >= 11 is 0.952. The summed E-state index contributed by atoms with van der Waals surface area (Å²) in [7, 11) is 0. The highest BCUT2D eigenvalue weighted by molar-refractivity contribution is 8.17. The molecule has 0 saturated carbocycles. The summed E-state index contributed by atoms with van der Waals surface area (Å²) in [6, 6.07) is 5.90. The van der Waals surface area contributed by atoms with E-state index in [1.807, 2.05) is 0 Å². The quantitative estimate of drug-likeness (QED) is 0.194. The molecule has 0 aliphatic carbocycles. The van der Waals surface area contributed by atoms with Crippen LogP contribution in [0, 0.1) is 10.1 Å². The van der Waals surface area contributed by atoms with Gasteiger partial charge in [-0.05, 0) is 11.8 Å². The second-order valence-electron chi connectivity index (χ2n) is 5.74. The van der Waals surface area contributed by atoms with Gasteiger partial charge in [0.25, 0.3) is 11.5 Å². The van der Waals surface area contributed by atoms with Crippen molar-refractivity contribution >= 4 is 40.8 Å². The fourth-order valence-corrected chi connectivity index (χ4v) is 2.86. The lowest BCUT2D eigenvalue weighted by atomic mass is 10.2. The molecule has 2 N–H and O–H groups in total. The van der Waals surface area contributed by atoms with Crippen LogP contribution in [0.2, 0.25) is 0 Å². The number of amidine groups is 1. The minimum absolute atomic E-state index is 0.0579. The van der Waals surface area contributed by atoms with E-state index < -0.39 is 22.6 Å². The number of hydrogen-bond acceptors (Lipinski definition) is 11. The molecular formula is C15H13N5O6S. The zero-order chi connectivity index (χ0) is 19.6. The van der Waals surface area contributed by atoms with Crippen LogP contribution in [-0.2, 0) is 19.1 Å². The molecule has 1 saturated heterocycles. The summed E-state index contributed by atoms with van der Waals surface area (Å²) in [4.78, 5) is 34.3. The molecule has 27 heavy (non-hydrogen) atoms. The highest BCUT2D eigenvalue weighted by Gasteiger charge is 2.42. The molecule has 11 nitrogen and oxygen atoms in total. The third kappa shape index (κ3) is 4.23. The molecule has 1 fully saturated rings. The number of non-ortho nitro benzene ring substituents is 1. The van der Waals surface area contributed by atoms with Gasteiger partial charge in [-0.2, -0.15) is 5.10 Å². The number of thioether (sulfide) groups is 1. The van der Waals surface area contributed by atoms with E-state index >= 15 is 0 Å². The number of carbonyl (C=O) groups excluding carboxylic acids is 2. The fourth-order valence-electron chi connectivity index (χ4n) is 2.12. The third-order valence-corrected chi connectivity index (χ3v) is 4.10. The first kappa shape index (κ1) is 18.4. The highest BCUT2D eigenvalue weighted by Crippen LogP contribution is 2.30. The van der Waals surface area contributed by atoms with Crippen LogP contribution in [0.15, 0.2) is 45.1 Å². The lowest BCUT2D eigenvalue weighted by Crippen LogP contribution is -2.42. The Morgan fingerprint density at radius 1 is 1.33 bits per heavy atom. The zero-order valence-electron chi connectivity index (χ0n) is 14.1. The van der Waals surface area contributed by atoms with E-state index in [-0.39, 0.29) is 21.5 Å². The molecule has 1 aromatic carbocycles. The first-order valence-corrected chi connectivity index (χ1v) is 8.33. The number of benzene rings is 1. The monoisotopic (exact) mass is 391 g/mol. The standard InChI is InChI=1S/C15H13N5O6S/c1-15(2)25-12(21)10(13(22)26-15)11-17-19-14(27-11)18-16-7-8-4-3-5-9(6-8)20(23)24/h3-7,17H,1-2H3,(H,18,19)/b16-7+. The van der Waals surface area contributed by atoms with E-state index in [1.54, 1.807) is 6.07 Å². The summed E-state index contributed by atoms with van der Waals surface area (Å²) in [5, 5.41) is 19.0. The minimum Gasteiger partial charge on any atom is -0.419 e. The Morgan fingerprint density at radius 3 is 2.70 bits per heavy atom. The van der Waals surface area contributed by atoms with Crippen molar-refractivity contribution in [2.24, 2.45) is 10.2 Å². The number of nitrogens with zero attached hydrogens (tertiary/aromatic N) is 3. The maximum Gasteiger partial charge on any atom is 0.351 e. The number of nitro benzene ring substituents is 1. The maximum absolute atomic E-state index is 12.0. The average Bonchev–Trinajstić information content (AvgIpc) is 3.01. The molecule has 0 bridgehead atoms. The van der Waals surface area contributed by atoms with Crippen LogP contribution in [0.1, 0.15) is 19.4 Å². The highest BCUT2D eigenvalue weighted by atomic mass is 32.2. The SMILES string of the molecule is CC1(C)OC(=O)C(=C2NN=C(N/N=C/c3cccc([N+](=O)[O-])c3)S2)C(=O)O1. The summed E-state index contributed by atoms with van der Waals surface area (Å²) in [6.07, 6.45) is 1.37. The van der Waals surface area contributed by atoms with Crippen molar-refractivity contribution in [1.82, 2.24) is 10.9 Å². The van der Waals surface area contributed by atoms with Crippen molar-refractivity contribution in [3.8, 4) is 0 Å². The Bertz CT molecular complexity index is 901. The van der Waals surface area contributed by atoms with Crippen LogP contribution in [-0.4, -0.2) is 34.0 Å². The van der Waals surface area contributed by atoms with Crippen LogP contribution < -0.4 is 10.9 Å². The predicted octanol–water partition coefficient (Wildman–Crippen LogP) is 1.17. The summed E-state index contributed by atoms with van der Waals surface area (Å²) < 4.78 is 10.0. The normalized spacial score (nSPS) is 18.7. The largest absolute Gasteiger partial charge is 0.419 e. The van der Waals surface area contributed by atoms with Gasteiger partial charge in [-0.3, -0.25) is 21.0 Å². The Kier molecular flexibility index (Phi) is 4.81. The van der Waals surface area contributed by atoms with Gasteiger partial charge in [0.2, 0.25) is 5.17 Å². The molecule has 2 aliphatic heterocycles. The molecule has 3 rings (SSSR count). The average molecular weight is 391 g/mol. The Morgan fingerprint density at radius 2 is 2.04 bits per heavy atom. The first-order chi connectivity index (χ1) is 12.7. The van der Waals surface area contributed by atoms with E-state index in [2.05, 4.69) is 21.1 Å². The van der Waals surface area contributed by atoms with Crippen LogP contribution in [0.3, 0.4) is 0 Å². The zero-order valence-corrected chi connectivity index (χ0v) is 14.9. The fraction of sp³-hybridized carbons (Fsp3) is 0.200. The second-order valence-corrected chi connectivity index (χ2v) is 6.73. The van der Waals surface area contributed by atoms with E-state index in [4.69, 9.17) is 9.47 Å². The minimum atomic E-state index is -1.33. The number of hydrogen-bond donors (Lipinski definition) is 2. The molecular weight excluding hydrogens is 378 g/mol. The number of nitro groups is 1. The lowest BCUT2D eigenvalue weighted by molar-refractivity contribution is -0.384. The molecule has 2 aliphatic rings. The molecule has 0 spiro atoms. The topological polar surface area (TPSA) is 145 Å². The van der Waals surface area contributed by atoms with Gasteiger partial charge in [-0.1, -0.05) is 12.1 Å². The molecule has 0 unspecified atom stereocenters. The van der Waals surface area contributed by atoms with Crippen LogP contribution in [0.4, 0.5) is 5.69 Å². The Hall–Kier alpha value is -3.41. The van der Waals surface area contributed by atoms with Crippen molar-refractivity contribution in [2.45, 2.75) is 19.6 Å². The smallest absolute Gasteiger partial charge is 0.351 e. The molecule has 0 aromatic heterocycles. The predicted molar refractivity (Wildman–Crippen MR) is 95.3 cm³/mol. The molecule has 12 heteroatoms. The number of nitrogens with one attached hydrogen (secondary N) is 2. The number of rotatable bonds is 3. The molecule has 0 radical (unpaired) electrons. The van der Waals surface area contributed by atoms with Crippen molar-refractivity contribution < 1.29 is 24.0 Å². The van der Waals surface area contributed by atoms with Gasteiger partial charge in [-0.25, -0.2) is 9.59 Å². The number of hydrazone groups is 2. The van der Waals surface area contributed by atoms with Gasteiger partial charge in [-0.15, -0.1) is 5.10 Å². The van der Waals surface area contributed by atoms with Crippen LogP contribution in [0.25, 0.3) is 0 Å². The molecule has 2 heterocycles. The summed E-state index contributed by atoms with van der Waals surface area (Å²) in [5.41, 5.74) is 5.31. The van der Waals surface area contributed by atoms with Crippen molar-refractivity contribution in [1.29, 1.82) is 0 Å².